The largest absolute Gasteiger partial charge is 0.522 e. The lowest BCUT2D eigenvalue weighted by Gasteiger charge is -2.09. The number of carboxylic acid groups (broad SMARTS) is 1. The molecule has 0 bridgehead atoms. The monoisotopic (exact) mass is 291 g/mol. The summed E-state index contributed by atoms with van der Waals surface area (Å²) in [7, 11) is 0. The number of para-hydroxylation sites is 1. The van der Waals surface area contributed by atoms with E-state index < -0.39 is 24.8 Å². The third-order valence-corrected chi connectivity index (χ3v) is 2.68. The fourth-order valence-electron chi connectivity index (χ4n) is 1.92. The van der Waals surface area contributed by atoms with Crippen LogP contribution in [-0.2, 0) is 11.3 Å². The molecule has 0 aliphatic rings. The van der Waals surface area contributed by atoms with Crippen molar-refractivity contribution in [2.75, 3.05) is 6.61 Å². The van der Waals surface area contributed by atoms with Gasteiger partial charge in [0.2, 0.25) is 0 Å². The van der Waals surface area contributed by atoms with E-state index in [1.807, 2.05) is 0 Å². The number of rotatable bonds is 4. The molecule has 4 nitrogen and oxygen atoms in total. The van der Waals surface area contributed by atoms with Gasteiger partial charge < -0.3 is 9.67 Å². The Kier molecular flexibility index (Phi) is 3.67. The smallest absolute Gasteiger partial charge is 0.478 e. The van der Waals surface area contributed by atoms with E-state index in [0.29, 0.717) is 0 Å². The van der Waals surface area contributed by atoms with Crippen molar-refractivity contribution in [3.05, 3.63) is 35.8 Å². The molecule has 0 amide bonds. The van der Waals surface area contributed by atoms with Gasteiger partial charge in [-0.1, -0.05) is 12.1 Å². The molecule has 2 aromatic rings. The van der Waals surface area contributed by atoms with E-state index in [2.05, 4.69) is 4.74 Å². The molecule has 0 saturated heterocycles. The van der Waals surface area contributed by atoms with Crippen LogP contribution in [0.1, 0.15) is 10.4 Å². The first-order valence-corrected chi connectivity index (χ1v) is 5.51. The van der Waals surface area contributed by atoms with Crippen LogP contribution in [-0.4, -0.2) is 28.6 Å². The molecule has 0 aliphatic carbocycles. The summed E-state index contributed by atoms with van der Waals surface area (Å²) in [6.45, 7) is -1.05. The summed E-state index contributed by atoms with van der Waals surface area (Å²) in [5, 5.41) is 9.12. The lowest BCUT2D eigenvalue weighted by Crippen LogP contribution is -2.17. The van der Waals surface area contributed by atoms with Gasteiger partial charge in [-0.2, -0.15) is 0 Å². The van der Waals surface area contributed by atoms with E-state index >= 15 is 0 Å². The Hall–Kier alpha value is -2.09. The van der Waals surface area contributed by atoms with Crippen LogP contribution in [0.15, 0.2) is 24.4 Å². The number of aromatic carboxylic acids is 1. The van der Waals surface area contributed by atoms with Crippen LogP contribution in [0.4, 0.5) is 17.6 Å². The van der Waals surface area contributed by atoms with Crippen molar-refractivity contribution < 1.29 is 32.2 Å². The molecule has 1 heterocycles. The third-order valence-electron chi connectivity index (χ3n) is 2.68. The number of alkyl halides is 3. The second-order valence-electron chi connectivity index (χ2n) is 3.97. The topological polar surface area (TPSA) is 51.5 Å². The van der Waals surface area contributed by atoms with Crippen molar-refractivity contribution in [1.29, 1.82) is 0 Å². The van der Waals surface area contributed by atoms with E-state index in [9.17, 15) is 22.4 Å². The maximum atomic E-state index is 13.7. The van der Waals surface area contributed by atoms with Gasteiger partial charge in [-0.15, -0.1) is 13.2 Å². The number of hydrogen-bond acceptors (Lipinski definition) is 2. The average molecular weight is 291 g/mol. The van der Waals surface area contributed by atoms with Gasteiger partial charge in [0, 0.05) is 18.1 Å². The maximum Gasteiger partial charge on any atom is 0.522 e. The Morgan fingerprint density at radius 1 is 1.35 bits per heavy atom. The van der Waals surface area contributed by atoms with E-state index in [0.717, 1.165) is 16.8 Å². The summed E-state index contributed by atoms with van der Waals surface area (Å²) >= 11 is 0. The molecule has 0 unspecified atom stereocenters. The van der Waals surface area contributed by atoms with Crippen LogP contribution in [0.5, 0.6) is 0 Å². The number of carbonyl (C=O) groups is 1. The Bertz CT molecular complexity index is 648. The van der Waals surface area contributed by atoms with Gasteiger partial charge in [-0.25, -0.2) is 9.18 Å². The Labute approximate surface area is 110 Å². The van der Waals surface area contributed by atoms with Crippen LogP contribution < -0.4 is 0 Å². The zero-order valence-corrected chi connectivity index (χ0v) is 9.95. The molecule has 0 aliphatic heterocycles. The van der Waals surface area contributed by atoms with Gasteiger partial charge in [-0.05, 0) is 6.07 Å². The average Bonchev–Trinajstić information content (AvgIpc) is 2.68. The first-order valence-electron chi connectivity index (χ1n) is 5.51. The minimum atomic E-state index is -4.78. The molecule has 108 valence electrons. The van der Waals surface area contributed by atoms with Crippen molar-refractivity contribution in [3.8, 4) is 0 Å². The zero-order valence-electron chi connectivity index (χ0n) is 9.95. The van der Waals surface area contributed by atoms with E-state index in [1.54, 1.807) is 0 Å². The number of hydrogen-bond donors (Lipinski definition) is 1. The van der Waals surface area contributed by atoms with Gasteiger partial charge in [-0.3, -0.25) is 4.74 Å². The normalized spacial score (nSPS) is 12.0. The van der Waals surface area contributed by atoms with Gasteiger partial charge >= 0.3 is 12.3 Å². The summed E-state index contributed by atoms with van der Waals surface area (Å²) in [5.74, 6) is -1.99. The van der Waals surface area contributed by atoms with Crippen LogP contribution in [0, 0.1) is 5.82 Å². The molecule has 20 heavy (non-hydrogen) atoms. The minimum absolute atomic E-state index is 0.0596. The summed E-state index contributed by atoms with van der Waals surface area (Å²) in [6.07, 6.45) is -3.69. The molecule has 8 heteroatoms. The quantitative estimate of drug-likeness (QED) is 0.881. The summed E-state index contributed by atoms with van der Waals surface area (Å²) < 4.78 is 54.1. The fourth-order valence-corrected chi connectivity index (χ4v) is 1.92. The number of benzene rings is 1. The number of carboxylic acids is 1. The zero-order chi connectivity index (χ0) is 14.9. The Morgan fingerprint density at radius 3 is 2.65 bits per heavy atom. The number of halogens is 4. The van der Waals surface area contributed by atoms with Gasteiger partial charge in [0.25, 0.3) is 0 Å². The fraction of sp³-hybridized carbons (Fsp3) is 0.250. The molecule has 0 fully saturated rings. The second-order valence-corrected chi connectivity index (χ2v) is 3.97. The molecule has 1 aromatic heterocycles. The number of nitrogens with zero attached hydrogens (tertiary/aromatic N) is 1. The van der Waals surface area contributed by atoms with Crippen molar-refractivity contribution >= 4 is 16.9 Å². The first kappa shape index (κ1) is 14.3. The van der Waals surface area contributed by atoms with E-state index in [1.165, 1.54) is 12.1 Å². The SMILES string of the molecule is O=C(O)c1cn(CCOC(F)(F)F)c2c(F)cccc12. The Morgan fingerprint density at radius 2 is 2.05 bits per heavy atom. The second kappa shape index (κ2) is 5.12. The molecule has 0 spiro atoms. The predicted octanol–water partition coefficient (Wildman–Crippen LogP) is 3.02. The van der Waals surface area contributed by atoms with Crippen molar-refractivity contribution in [1.82, 2.24) is 4.57 Å². The number of aromatic nitrogens is 1. The molecule has 1 N–H and O–H groups in total. The highest BCUT2D eigenvalue weighted by molar-refractivity contribution is 6.03. The third kappa shape index (κ3) is 2.90. The molecule has 1 aromatic carbocycles. The first-order chi connectivity index (χ1) is 9.29. The molecule has 0 saturated carbocycles. The lowest BCUT2D eigenvalue weighted by atomic mass is 10.2. The van der Waals surface area contributed by atoms with Crippen LogP contribution in [0.25, 0.3) is 10.9 Å². The van der Waals surface area contributed by atoms with Crippen molar-refractivity contribution in [3.63, 3.8) is 0 Å². The van der Waals surface area contributed by atoms with Crippen LogP contribution in [0.2, 0.25) is 0 Å². The standard InChI is InChI=1S/C12H9F4NO3/c13-9-3-1-2-7-8(11(18)19)6-17(10(7)9)4-5-20-12(14,15)16/h1-3,6H,4-5H2,(H,18,19). The number of fused-ring (bicyclic) bond motifs is 1. The summed E-state index contributed by atoms with van der Waals surface area (Å²) in [4.78, 5) is 11.0. The highest BCUT2D eigenvalue weighted by Crippen LogP contribution is 2.24. The maximum absolute atomic E-state index is 13.7. The molecular formula is C12H9F4NO3. The molecular weight excluding hydrogens is 282 g/mol. The Balaban J connectivity index is 2.36. The minimum Gasteiger partial charge on any atom is -0.478 e. The van der Waals surface area contributed by atoms with Crippen molar-refractivity contribution in [2.45, 2.75) is 12.9 Å². The highest BCUT2D eigenvalue weighted by Gasteiger charge is 2.28. The van der Waals surface area contributed by atoms with E-state index in [4.69, 9.17) is 5.11 Å². The van der Waals surface area contributed by atoms with E-state index in [-0.39, 0.29) is 23.0 Å². The highest BCUT2D eigenvalue weighted by atomic mass is 19.4. The summed E-state index contributed by atoms with van der Waals surface area (Å²) in [6, 6.07) is 3.83. The molecule has 0 radical (unpaired) electrons. The van der Waals surface area contributed by atoms with Gasteiger partial charge in [0.1, 0.15) is 5.82 Å². The molecule has 0 atom stereocenters. The van der Waals surface area contributed by atoms with Gasteiger partial charge in [0.05, 0.1) is 17.7 Å². The van der Waals surface area contributed by atoms with Crippen molar-refractivity contribution in [2.24, 2.45) is 0 Å². The predicted molar refractivity (Wildman–Crippen MR) is 60.9 cm³/mol. The lowest BCUT2D eigenvalue weighted by molar-refractivity contribution is -0.325. The molecule has 2 rings (SSSR count). The summed E-state index contributed by atoms with van der Waals surface area (Å²) in [5.41, 5.74) is -0.234. The van der Waals surface area contributed by atoms with Gasteiger partial charge in [0.15, 0.2) is 0 Å². The van der Waals surface area contributed by atoms with Crippen LogP contribution >= 0.6 is 0 Å². The van der Waals surface area contributed by atoms with Crippen LogP contribution in [0.3, 0.4) is 0 Å². The number of ether oxygens (including phenoxy) is 1.